The Morgan fingerprint density at radius 2 is 1.95 bits per heavy atom. The highest BCUT2D eigenvalue weighted by atomic mass is 35.5. The first kappa shape index (κ1) is 13.0. The first-order chi connectivity index (χ1) is 10.7. The Hall–Kier alpha value is -2.66. The van der Waals surface area contributed by atoms with Gasteiger partial charge in [0, 0.05) is 16.6 Å². The third-order valence-electron chi connectivity index (χ3n) is 3.47. The number of halogens is 2. The van der Waals surface area contributed by atoms with Gasteiger partial charge in [0.05, 0.1) is 5.02 Å². The van der Waals surface area contributed by atoms with E-state index in [1.807, 2.05) is 24.3 Å². The lowest BCUT2D eigenvalue weighted by Gasteiger charge is -2.07. The van der Waals surface area contributed by atoms with E-state index in [2.05, 4.69) is 20.3 Å². The van der Waals surface area contributed by atoms with E-state index in [4.69, 9.17) is 11.6 Å². The lowest BCUT2D eigenvalue weighted by molar-refractivity contribution is 0.628. The number of benzene rings is 2. The number of nitrogens with zero attached hydrogens (tertiary/aromatic N) is 2. The number of nitrogens with one attached hydrogen (secondary N) is 2. The maximum atomic E-state index is 13.2. The summed E-state index contributed by atoms with van der Waals surface area (Å²) in [4.78, 5) is 11.9. The molecular formula is C16H10ClFN4. The van der Waals surface area contributed by atoms with Gasteiger partial charge in [-0.15, -0.1) is 0 Å². The molecule has 0 atom stereocenters. The summed E-state index contributed by atoms with van der Waals surface area (Å²) in [5.74, 6) is 0.162. The van der Waals surface area contributed by atoms with Crippen molar-refractivity contribution in [3.8, 4) is 0 Å². The number of H-pyrrole nitrogens is 1. The van der Waals surface area contributed by atoms with Crippen molar-refractivity contribution in [2.45, 2.75) is 0 Å². The predicted molar refractivity (Wildman–Crippen MR) is 86.1 cm³/mol. The molecule has 4 nitrogen and oxygen atoms in total. The molecule has 2 aromatic heterocycles. The molecule has 0 saturated carbocycles. The van der Waals surface area contributed by atoms with Crippen LogP contribution in [0.2, 0.25) is 5.02 Å². The van der Waals surface area contributed by atoms with Gasteiger partial charge in [-0.1, -0.05) is 29.8 Å². The molecule has 108 valence electrons. The topological polar surface area (TPSA) is 53.6 Å². The molecule has 4 aromatic rings. The third kappa shape index (κ3) is 2.07. The second-order valence-electron chi connectivity index (χ2n) is 4.87. The molecule has 0 amide bonds. The van der Waals surface area contributed by atoms with Crippen LogP contribution in [-0.2, 0) is 0 Å². The van der Waals surface area contributed by atoms with E-state index in [1.165, 1.54) is 18.5 Å². The molecular weight excluding hydrogens is 303 g/mol. The lowest BCUT2D eigenvalue weighted by atomic mass is 10.2. The number of hydrogen-bond donors (Lipinski definition) is 2. The van der Waals surface area contributed by atoms with Crippen molar-refractivity contribution in [2.24, 2.45) is 0 Å². The zero-order valence-electron chi connectivity index (χ0n) is 11.3. The van der Waals surface area contributed by atoms with Crippen LogP contribution in [0.5, 0.6) is 0 Å². The monoisotopic (exact) mass is 312 g/mol. The van der Waals surface area contributed by atoms with Crippen LogP contribution in [0, 0.1) is 5.82 Å². The SMILES string of the molecule is Fc1ccc(Nc2ncnc3c2[nH]c2ccccc23)cc1Cl. The molecule has 0 aliphatic carbocycles. The van der Waals surface area contributed by atoms with Crippen LogP contribution in [-0.4, -0.2) is 15.0 Å². The van der Waals surface area contributed by atoms with E-state index in [9.17, 15) is 4.39 Å². The Morgan fingerprint density at radius 3 is 2.82 bits per heavy atom. The van der Waals surface area contributed by atoms with Gasteiger partial charge in [-0.2, -0.15) is 0 Å². The Bertz CT molecular complexity index is 996. The van der Waals surface area contributed by atoms with Gasteiger partial charge in [0.15, 0.2) is 5.82 Å². The molecule has 4 rings (SSSR count). The van der Waals surface area contributed by atoms with Crippen LogP contribution < -0.4 is 5.32 Å². The van der Waals surface area contributed by atoms with Crippen molar-refractivity contribution in [1.29, 1.82) is 0 Å². The van der Waals surface area contributed by atoms with Gasteiger partial charge in [0.2, 0.25) is 0 Å². The standard InChI is InChI=1S/C16H10ClFN4/c17-11-7-9(5-6-12(11)18)21-16-15-14(19-8-20-16)10-3-1-2-4-13(10)22-15/h1-8,22H,(H,19,20,21). The van der Waals surface area contributed by atoms with Crippen LogP contribution in [0.4, 0.5) is 15.9 Å². The molecule has 0 radical (unpaired) electrons. The number of anilines is 2. The Labute approximate surface area is 130 Å². The Balaban J connectivity index is 1.86. The van der Waals surface area contributed by atoms with Crippen LogP contribution >= 0.6 is 11.6 Å². The minimum atomic E-state index is -0.453. The molecule has 2 aromatic carbocycles. The van der Waals surface area contributed by atoms with Crippen LogP contribution in [0.15, 0.2) is 48.8 Å². The Kier molecular flexibility index (Phi) is 2.94. The largest absolute Gasteiger partial charge is 0.350 e. The van der Waals surface area contributed by atoms with E-state index in [0.29, 0.717) is 11.5 Å². The van der Waals surface area contributed by atoms with Gasteiger partial charge < -0.3 is 10.3 Å². The number of rotatable bonds is 2. The molecule has 0 aliphatic heterocycles. The first-order valence-electron chi connectivity index (χ1n) is 6.66. The van der Waals surface area contributed by atoms with Crippen molar-refractivity contribution >= 4 is 45.0 Å². The fraction of sp³-hybridized carbons (Fsp3) is 0. The van der Waals surface area contributed by atoms with Crippen LogP contribution in [0.1, 0.15) is 0 Å². The molecule has 6 heteroatoms. The van der Waals surface area contributed by atoms with Gasteiger partial charge >= 0.3 is 0 Å². The number of aromatic nitrogens is 3. The second-order valence-corrected chi connectivity index (χ2v) is 5.28. The Morgan fingerprint density at radius 1 is 1.09 bits per heavy atom. The summed E-state index contributed by atoms with van der Waals surface area (Å²) in [7, 11) is 0. The van der Waals surface area contributed by atoms with Crippen LogP contribution in [0.25, 0.3) is 21.9 Å². The van der Waals surface area contributed by atoms with Crippen LogP contribution in [0.3, 0.4) is 0 Å². The van der Waals surface area contributed by atoms with E-state index in [0.717, 1.165) is 21.9 Å². The normalized spacial score (nSPS) is 11.2. The molecule has 2 heterocycles. The minimum Gasteiger partial charge on any atom is -0.350 e. The lowest BCUT2D eigenvalue weighted by Crippen LogP contribution is -1.96. The summed E-state index contributed by atoms with van der Waals surface area (Å²) in [5, 5.41) is 4.23. The summed E-state index contributed by atoms with van der Waals surface area (Å²) < 4.78 is 13.2. The van der Waals surface area contributed by atoms with Crippen molar-refractivity contribution in [3.63, 3.8) is 0 Å². The number of fused-ring (bicyclic) bond motifs is 3. The fourth-order valence-electron chi connectivity index (χ4n) is 2.45. The zero-order chi connectivity index (χ0) is 15.1. The molecule has 0 aliphatic rings. The minimum absolute atomic E-state index is 0.0620. The van der Waals surface area contributed by atoms with E-state index in [1.54, 1.807) is 6.07 Å². The van der Waals surface area contributed by atoms with E-state index in [-0.39, 0.29) is 5.02 Å². The van der Waals surface area contributed by atoms with Gasteiger partial charge in [0.25, 0.3) is 0 Å². The smallest absolute Gasteiger partial charge is 0.158 e. The highest BCUT2D eigenvalue weighted by molar-refractivity contribution is 6.31. The molecule has 0 saturated heterocycles. The van der Waals surface area contributed by atoms with E-state index >= 15 is 0 Å². The number of hydrogen-bond acceptors (Lipinski definition) is 3. The van der Waals surface area contributed by atoms with Gasteiger partial charge in [-0.25, -0.2) is 14.4 Å². The quantitative estimate of drug-likeness (QED) is 0.566. The van der Waals surface area contributed by atoms with Crippen molar-refractivity contribution in [1.82, 2.24) is 15.0 Å². The summed E-state index contributed by atoms with van der Waals surface area (Å²) in [6, 6.07) is 12.3. The molecule has 0 bridgehead atoms. The van der Waals surface area contributed by atoms with Gasteiger partial charge in [0.1, 0.15) is 23.2 Å². The van der Waals surface area contributed by atoms with Crippen molar-refractivity contribution < 1.29 is 4.39 Å². The average molecular weight is 313 g/mol. The molecule has 0 fully saturated rings. The second kappa shape index (κ2) is 4.96. The highest BCUT2D eigenvalue weighted by Crippen LogP contribution is 2.29. The summed E-state index contributed by atoms with van der Waals surface area (Å²) in [5.41, 5.74) is 3.27. The predicted octanol–water partition coefficient (Wildman–Crippen LogP) is 4.65. The van der Waals surface area contributed by atoms with E-state index < -0.39 is 5.82 Å². The fourth-order valence-corrected chi connectivity index (χ4v) is 2.63. The number of para-hydroxylation sites is 1. The zero-order valence-corrected chi connectivity index (χ0v) is 12.0. The van der Waals surface area contributed by atoms with Crippen molar-refractivity contribution in [3.05, 3.63) is 59.6 Å². The molecule has 2 N–H and O–H groups in total. The van der Waals surface area contributed by atoms with Gasteiger partial charge in [-0.05, 0) is 24.3 Å². The van der Waals surface area contributed by atoms with Gasteiger partial charge in [-0.3, -0.25) is 0 Å². The summed E-state index contributed by atoms with van der Waals surface area (Å²) in [6.45, 7) is 0. The molecule has 22 heavy (non-hydrogen) atoms. The summed E-state index contributed by atoms with van der Waals surface area (Å²) >= 11 is 5.81. The van der Waals surface area contributed by atoms with Crippen molar-refractivity contribution in [2.75, 3.05) is 5.32 Å². The average Bonchev–Trinajstić information content (AvgIpc) is 2.91. The first-order valence-corrected chi connectivity index (χ1v) is 7.03. The maximum Gasteiger partial charge on any atom is 0.158 e. The maximum absolute atomic E-state index is 13.2. The molecule has 0 spiro atoms. The number of aromatic amines is 1. The summed E-state index contributed by atoms with van der Waals surface area (Å²) in [6.07, 6.45) is 1.50. The molecule has 0 unspecified atom stereocenters. The third-order valence-corrected chi connectivity index (χ3v) is 3.76. The highest BCUT2D eigenvalue weighted by Gasteiger charge is 2.10.